The van der Waals surface area contributed by atoms with Crippen molar-refractivity contribution < 1.29 is 23.9 Å². The molecule has 3 amide bonds. The number of nitrogens with zero attached hydrogens (tertiary/aromatic N) is 2. The lowest BCUT2D eigenvalue weighted by atomic mass is 10.1. The first-order chi connectivity index (χ1) is 17.7. The van der Waals surface area contributed by atoms with E-state index in [1.807, 2.05) is 30.3 Å². The van der Waals surface area contributed by atoms with Crippen LogP contribution in [0.4, 0.5) is 5.69 Å². The molecule has 37 heavy (non-hydrogen) atoms. The van der Waals surface area contributed by atoms with E-state index in [9.17, 15) is 19.2 Å². The smallest absolute Gasteiger partial charge is 0.316 e. The molecule has 0 spiro atoms. The lowest BCUT2D eigenvalue weighted by Gasteiger charge is -2.17. The van der Waals surface area contributed by atoms with Gasteiger partial charge in [0.1, 0.15) is 5.75 Å². The molecule has 188 valence electrons. The van der Waals surface area contributed by atoms with Crippen molar-refractivity contribution in [2.24, 2.45) is 5.92 Å². The summed E-state index contributed by atoms with van der Waals surface area (Å²) in [5.41, 5.74) is 0.913. The van der Waals surface area contributed by atoms with Gasteiger partial charge in [0.2, 0.25) is 5.91 Å². The molecule has 2 aliphatic heterocycles. The fourth-order valence-corrected chi connectivity index (χ4v) is 5.35. The molecule has 7 nitrogen and oxygen atoms in total. The molecule has 3 aromatic carbocycles. The van der Waals surface area contributed by atoms with Gasteiger partial charge in [-0.25, -0.2) is 4.90 Å². The molecule has 0 bridgehead atoms. The third kappa shape index (κ3) is 4.57. The number of benzene rings is 3. The number of anilines is 1. The van der Waals surface area contributed by atoms with Gasteiger partial charge in [-0.2, -0.15) is 0 Å². The minimum Gasteiger partial charge on any atom is -0.426 e. The predicted octanol–water partition coefficient (Wildman–Crippen LogP) is 6.05. The second-order valence-electron chi connectivity index (χ2n) is 8.53. The molecular formula is C26H16Cl4N2O5. The highest BCUT2D eigenvalue weighted by molar-refractivity contribution is 6.56. The maximum atomic E-state index is 13.0. The summed E-state index contributed by atoms with van der Waals surface area (Å²) in [6.45, 7) is 0.676. The van der Waals surface area contributed by atoms with Gasteiger partial charge in [0.15, 0.2) is 0 Å². The van der Waals surface area contributed by atoms with Gasteiger partial charge >= 0.3 is 5.97 Å². The van der Waals surface area contributed by atoms with E-state index in [2.05, 4.69) is 0 Å². The van der Waals surface area contributed by atoms with Gasteiger partial charge in [0, 0.05) is 19.5 Å². The Morgan fingerprint density at radius 1 is 0.811 bits per heavy atom. The number of carbonyl (C=O) groups excluding carboxylic acids is 4. The summed E-state index contributed by atoms with van der Waals surface area (Å²) in [5, 5.41) is -0.565. The molecule has 2 aliphatic rings. The molecule has 1 fully saturated rings. The monoisotopic (exact) mass is 576 g/mol. The average Bonchev–Trinajstić information content (AvgIpc) is 3.38. The Kier molecular flexibility index (Phi) is 6.89. The fraction of sp³-hybridized carbons (Fsp3) is 0.154. The van der Waals surface area contributed by atoms with Crippen LogP contribution in [0.3, 0.4) is 0 Å². The summed E-state index contributed by atoms with van der Waals surface area (Å²) in [6.07, 6.45) is 0.0609. The summed E-state index contributed by atoms with van der Waals surface area (Å²) in [4.78, 5) is 53.6. The molecule has 1 saturated heterocycles. The fourth-order valence-electron chi connectivity index (χ4n) is 4.33. The van der Waals surface area contributed by atoms with Crippen LogP contribution in [0.25, 0.3) is 0 Å². The summed E-state index contributed by atoms with van der Waals surface area (Å²) >= 11 is 24.5. The summed E-state index contributed by atoms with van der Waals surface area (Å²) in [5.74, 6) is -2.49. The zero-order valence-electron chi connectivity index (χ0n) is 18.8. The number of imide groups is 1. The van der Waals surface area contributed by atoms with E-state index in [0.29, 0.717) is 6.54 Å². The molecule has 5 rings (SSSR count). The van der Waals surface area contributed by atoms with Crippen molar-refractivity contribution in [1.82, 2.24) is 4.90 Å². The Bertz CT molecular complexity index is 1410. The van der Waals surface area contributed by atoms with E-state index in [4.69, 9.17) is 51.1 Å². The summed E-state index contributed by atoms with van der Waals surface area (Å²) < 4.78 is 5.46. The third-order valence-corrected chi connectivity index (χ3v) is 7.98. The van der Waals surface area contributed by atoms with Crippen molar-refractivity contribution in [2.45, 2.75) is 13.0 Å². The van der Waals surface area contributed by atoms with Gasteiger partial charge in [0.05, 0.1) is 42.8 Å². The average molecular weight is 578 g/mol. The van der Waals surface area contributed by atoms with E-state index >= 15 is 0 Å². The molecule has 2 heterocycles. The lowest BCUT2D eigenvalue weighted by molar-refractivity contribution is -0.139. The van der Waals surface area contributed by atoms with E-state index in [1.54, 1.807) is 4.90 Å². The van der Waals surface area contributed by atoms with Gasteiger partial charge in [-0.05, 0) is 29.8 Å². The van der Waals surface area contributed by atoms with Crippen molar-refractivity contribution in [3.63, 3.8) is 0 Å². The number of rotatable bonds is 5. The second-order valence-corrected chi connectivity index (χ2v) is 10.0. The van der Waals surface area contributed by atoms with Crippen LogP contribution in [0.5, 0.6) is 5.75 Å². The maximum Gasteiger partial charge on any atom is 0.316 e. The molecular weight excluding hydrogens is 562 g/mol. The first-order valence-corrected chi connectivity index (χ1v) is 12.6. The highest BCUT2D eigenvalue weighted by Gasteiger charge is 2.42. The molecule has 0 aromatic heterocycles. The van der Waals surface area contributed by atoms with Crippen molar-refractivity contribution in [2.75, 3.05) is 11.4 Å². The van der Waals surface area contributed by atoms with Crippen molar-refractivity contribution in [3.05, 3.63) is 91.4 Å². The number of esters is 1. The molecule has 0 aliphatic carbocycles. The second kappa shape index (κ2) is 9.99. The largest absolute Gasteiger partial charge is 0.426 e. The Balaban J connectivity index is 1.28. The highest BCUT2D eigenvalue weighted by Crippen LogP contribution is 2.45. The van der Waals surface area contributed by atoms with E-state index in [-0.39, 0.29) is 61.5 Å². The van der Waals surface area contributed by atoms with Crippen LogP contribution in [0.1, 0.15) is 32.7 Å². The Hall–Kier alpha value is -3.10. The quantitative estimate of drug-likeness (QED) is 0.121. The first-order valence-electron chi connectivity index (χ1n) is 11.1. The third-order valence-electron chi connectivity index (χ3n) is 6.18. The molecule has 0 unspecified atom stereocenters. The van der Waals surface area contributed by atoms with Gasteiger partial charge in [-0.3, -0.25) is 19.2 Å². The molecule has 1 atom stereocenters. The zero-order valence-corrected chi connectivity index (χ0v) is 21.9. The van der Waals surface area contributed by atoms with Gasteiger partial charge in [-0.15, -0.1) is 0 Å². The Morgan fingerprint density at radius 2 is 1.38 bits per heavy atom. The minimum atomic E-state index is -0.710. The number of carbonyl (C=O) groups is 4. The zero-order chi connectivity index (χ0) is 26.4. The minimum absolute atomic E-state index is 0.0609. The van der Waals surface area contributed by atoms with E-state index in [0.717, 1.165) is 10.5 Å². The lowest BCUT2D eigenvalue weighted by Crippen LogP contribution is -2.29. The number of ether oxygens (including phenoxy) is 1. The molecule has 0 N–H and O–H groups in total. The number of likely N-dealkylation sites (tertiary alicyclic amines) is 1. The van der Waals surface area contributed by atoms with E-state index in [1.165, 1.54) is 24.3 Å². The number of fused-ring (bicyclic) bond motifs is 1. The van der Waals surface area contributed by atoms with Crippen molar-refractivity contribution in [3.8, 4) is 5.75 Å². The maximum absolute atomic E-state index is 13.0. The van der Waals surface area contributed by atoms with E-state index < -0.39 is 23.7 Å². The van der Waals surface area contributed by atoms with Crippen LogP contribution in [-0.2, 0) is 16.1 Å². The molecule has 0 saturated carbocycles. The standard InChI is InChI=1S/C26H16Cl4N2O5/c27-20-18-19(21(28)23(30)22(20)29)25(35)32(24(18)34)15-6-8-16(9-7-15)37-26(36)14-10-17(33)31(12-14)11-13-4-2-1-3-5-13/h1-9,14H,10-12H2/t14-/m0/s1. The van der Waals surface area contributed by atoms with Crippen LogP contribution < -0.4 is 9.64 Å². The number of halogens is 4. The molecule has 11 heteroatoms. The van der Waals surface area contributed by atoms with Crippen molar-refractivity contribution >= 4 is 75.8 Å². The first kappa shape index (κ1) is 25.5. The van der Waals surface area contributed by atoms with Gasteiger partial charge in [0.25, 0.3) is 11.8 Å². The summed E-state index contributed by atoms with van der Waals surface area (Å²) in [6, 6.07) is 15.3. The number of hydrogen-bond acceptors (Lipinski definition) is 5. The Labute approximate surface area is 231 Å². The van der Waals surface area contributed by atoms with Gasteiger partial charge in [-0.1, -0.05) is 76.7 Å². The summed E-state index contributed by atoms with van der Waals surface area (Å²) in [7, 11) is 0. The Morgan fingerprint density at radius 3 is 1.95 bits per heavy atom. The molecule has 0 radical (unpaired) electrons. The van der Waals surface area contributed by atoms with Crippen LogP contribution in [0, 0.1) is 5.92 Å². The highest BCUT2D eigenvalue weighted by atomic mass is 35.5. The SMILES string of the molecule is O=C(Oc1ccc(N2C(=O)c3c(Cl)c(Cl)c(Cl)c(Cl)c3C2=O)cc1)[C@H]1CC(=O)N(Cc2ccccc2)C1. The van der Waals surface area contributed by atoms with Crippen LogP contribution in [-0.4, -0.2) is 35.1 Å². The number of amides is 3. The van der Waals surface area contributed by atoms with Crippen LogP contribution in [0.15, 0.2) is 54.6 Å². The van der Waals surface area contributed by atoms with Crippen LogP contribution >= 0.6 is 46.4 Å². The van der Waals surface area contributed by atoms with Crippen molar-refractivity contribution in [1.29, 1.82) is 0 Å². The van der Waals surface area contributed by atoms with Gasteiger partial charge < -0.3 is 9.64 Å². The number of hydrogen-bond donors (Lipinski definition) is 0. The normalized spacial score (nSPS) is 17.0. The predicted molar refractivity (Wildman–Crippen MR) is 140 cm³/mol. The van der Waals surface area contributed by atoms with Crippen LogP contribution in [0.2, 0.25) is 20.1 Å². The molecule has 3 aromatic rings. The topological polar surface area (TPSA) is 84.0 Å².